The predicted octanol–water partition coefficient (Wildman–Crippen LogP) is 3.09. The number of carbonyl (C=O) groups excluding carboxylic acids is 1. The first-order chi connectivity index (χ1) is 13.0. The number of hydrogen-bond donors (Lipinski definition) is 2. The first-order valence-electron chi connectivity index (χ1n) is 9.05. The summed E-state index contributed by atoms with van der Waals surface area (Å²) in [5, 5.41) is 4.95. The highest BCUT2D eigenvalue weighted by Gasteiger charge is 2.22. The molecule has 0 aliphatic carbocycles. The molecular formula is C19H24N2O4S2. The molecule has 6 nitrogen and oxygen atoms in total. The summed E-state index contributed by atoms with van der Waals surface area (Å²) in [7, 11) is -3.69. The van der Waals surface area contributed by atoms with E-state index in [-0.39, 0.29) is 29.5 Å². The summed E-state index contributed by atoms with van der Waals surface area (Å²) in [6.07, 6.45) is 2.48. The molecule has 2 N–H and O–H groups in total. The van der Waals surface area contributed by atoms with Gasteiger partial charge < -0.3 is 10.1 Å². The maximum atomic E-state index is 12.6. The smallest absolute Gasteiger partial charge is 0.251 e. The Morgan fingerprint density at radius 2 is 2.19 bits per heavy atom. The third-order valence-corrected chi connectivity index (χ3v) is 6.94. The molecule has 1 aromatic carbocycles. The van der Waals surface area contributed by atoms with Gasteiger partial charge >= 0.3 is 0 Å². The minimum atomic E-state index is -3.69. The van der Waals surface area contributed by atoms with E-state index in [2.05, 4.69) is 10.0 Å². The van der Waals surface area contributed by atoms with E-state index in [1.165, 1.54) is 12.1 Å². The van der Waals surface area contributed by atoms with Crippen LogP contribution in [-0.2, 0) is 14.8 Å². The van der Waals surface area contributed by atoms with Crippen LogP contribution in [0.25, 0.3) is 0 Å². The highest BCUT2D eigenvalue weighted by molar-refractivity contribution is 7.89. The van der Waals surface area contributed by atoms with Gasteiger partial charge in [0, 0.05) is 23.6 Å². The van der Waals surface area contributed by atoms with Crippen molar-refractivity contribution in [2.45, 2.75) is 43.2 Å². The second-order valence-electron chi connectivity index (χ2n) is 6.46. The molecule has 2 unspecified atom stereocenters. The van der Waals surface area contributed by atoms with Crippen LogP contribution < -0.4 is 10.0 Å². The lowest BCUT2D eigenvalue weighted by Gasteiger charge is -2.16. The summed E-state index contributed by atoms with van der Waals surface area (Å²) in [4.78, 5) is 13.8. The average molecular weight is 409 g/mol. The zero-order valence-corrected chi connectivity index (χ0v) is 16.8. The van der Waals surface area contributed by atoms with Crippen molar-refractivity contribution in [1.29, 1.82) is 0 Å². The molecule has 2 heterocycles. The molecule has 2 atom stereocenters. The Hall–Kier alpha value is -1.74. The number of benzene rings is 1. The Balaban J connectivity index is 1.69. The third kappa shape index (κ3) is 5.16. The van der Waals surface area contributed by atoms with Gasteiger partial charge in [-0.1, -0.05) is 19.1 Å². The molecule has 27 heavy (non-hydrogen) atoms. The number of nitrogens with one attached hydrogen (secondary N) is 2. The third-order valence-electron chi connectivity index (χ3n) is 4.53. The van der Waals surface area contributed by atoms with Gasteiger partial charge in [-0.25, -0.2) is 13.1 Å². The van der Waals surface area contributed by atoms with Gasteiger partial charge in [-0.3, -0.25) is 4.79 Å². The lowest BCUT2D eigenvalue weighted by molar-refractivity contribution is 0.0936. The van der Waals surface area contributed by atoms with E-state index < -0.39 is 10.0 Å². The minimum absolute atomic E-state index is 0.0809. The zero-order valence-electron chi connectivity index (χ0n) is 15.2. The summed E-state index contributed by atoms with van der Waals surface area (Å²) in [6, 6.07) is 9.95. The lowest BCUT2D eigenvalue weighted by Crippen LogP contribution is -2.32. The number of thiophene rings is 1. The van der Waals surface area contributed by atoms with Crippen LogP contribution >= 0.6 is 11.3 Å². The molecule has 1 aliphatic heterocycles. The van der Waals surface area contributed by atoms with Crippen LogP contribution in [0.5, 0.6) is 0 Å². The maximum Gasteiger partial charge on any atom is 0.251 e. The van der Waals surface area contributed by atoms with Crippen molar-refractivity contribution in [1.82, 2.24) is 10.0 Å². The fourth-order valence-corrected chi connectivity index (χ4v) is 4.97. The van der Waals surface area contributed by atoms with E-state index >= 15 is 0 Å². The number of amides is 1. The lowest BCUT2D eigenvalue weighted by atomic mass is 10.1. The van der Waals surface area contributed by atoms with E-state index in [0.29, 0.717) is 12.2 Å². The molecule has 1 fully saturated rings. The van der Waals surface area contributed by atoms with Crippen LogP contribution in [0.4, 0.5) is 0 Å². The predicted molar refractivity (Wildman–Crippen MR) is 105 cm³/mol. The maximum absolute atomic E-state index is 12.6. The van der Waals surface area contributed by atoms with Crippen LogP contribution in [0, 0.1) is 0 Å². The van der Waals surface area contributed by atoms with Crippen LogP contribution in [0.3, 0.4) is 0 Å². The monoisotopic (exact) mass is 408 g/mol. The molecule has 1 amide bonds. The summed E-state index contributed by atoms with van der Waals surface area (Å²) in [5.74, 6) is -0.286. The van der Waals surface area contributed by atoms with E-state index in [4.69, 9.17) is 4.74 Å². The molecule has 2 aromatic rings. The fraction of sp³-hybridized carbons (Fsp3) is 0.421. The number of sulfonamides is 1. The van der Waals surface area contributed by atoms with Crippen LogP contribution in [0.15, 0.2) is 46.7 Å². The van der Waals surface area contributed by atoms with E-state index in [1.54, 1.807) is 23.5 Å². The molecule has 8 heteroatoms. The molecule has 0 spiro atoms. The van der Waals surface area contributed by atoms with Crippen molar-refractivity contribution < 1.29 is 17.9 Å². The number of carbonyl (C=O) groups is 1. The van der Waals surface area contributed by atoms with Crippen LogP contribution in [0.1, 0.15) is 47.5 Å². The Morgan fingerprint density at radius 3 is 2.85 bits per heavy atom. The molecule has 1 saturated heterocycles. The highest BCUT2D eigenvalue weighted by Crippen LogP contribution is 2.22. The standard InChI is InChI=1S/C19H24N2O4S2/c1-2-17(18-9-5-11-26-18)21-19(22)14-6-3-8-16(12-14)27(23,24)20-13-15-7-4-10-25-15/h3,5-6,8-9,11-12,15,17,20H,2,4,7,10,13H2,1H3,(H,21,22). The first-order valence-corrected chi connectivity index (χ1v) is 11.4. The van der Waals surface area contributed by atoms with E-state index in [0.717, 1.165) is 24.1 Å². The van der Waals surface area contributed by atoms with Crippen molar-refractivity contribution in [2.24, 2.45) is 0 Å². The number of ether oxygens (including phenoxy) is 1. The van der Waals surface area contributed by atoms with Gasteiger partial charge in [0.1, 0.15) is 0 Å². The molecule has 146 valence electrons. The topological polar surface area (TPSA) is 84.5 Å². The Kier molecular flexibility index (Phi) is 6.64. The SMILES string of the molecule is CCC(NC(=O)c1cccc(S(=O)(=O)NCC2CCCO2)c1)c1cccs1. The molecular weight excluding hydrogens is 384 g/mol. The van der Waals surface area contributed by atoms with Gasteiger partial charge in [0.2, 0.25) is 10.0 Å². The summed E-state index contributed by atoms with van der Waals surface area (Å²) >= 11 is 1.59. The Bertz CT molecular complexity index is 860. The number of rotatable bonds is 8. The summed E-state index contributed by atoms with van der Waals surface area (Å²) in [5.41, 5.74) is 0.324. The summed E-state index contributed by atoms with van der Waals surface area (Å²) < 4.78 is 33.1. The zero-order chi connectivity index (χ0) is 19.3. The van der Waals surface area contributed by atoms with Gasteiger partial charge in [-0.2, -0.15) is 0 Å². The van der Waals surface area contributed by atoms with Gasteiger partial charge in [-0.15, -0.1) is 11.3 Å². The van der Waals surface area contributed by atoms with Crippen molar-refractivity contribution in [3.8, 4) is 0 Å². The fourth-order valence-electron chi connectivity index (χ4n) is 3.00. The van der Waals surface area contributed by atoms with E-state index in [1.807, 2.05) is 24.4 Å². The van der Waals surface area contributed by atoms with Crippen LogP contribution in [0.2, 0.25) is 0 Å². The summed E-state index contributed by atoms with van der Waals surface area (Å²) in [6.45, 7) is 2.92. The second-order valence-corrected chi connectivity index (χ2v) is 9.21. The molecule has 3 rings (SSSR count). The van der Waals surface area contributed by atoms with Gasteiger partial charge in [0.05, 0.1) is 17.0 Å². The van der Waals surface area contributed by atoms with Crippen molar-refractivity contribution in [3.63, 3.8) is 0 Å². The van der Waals surface area contributed by atoms with Gasteiger partial charge in [0.25, 0.3) is 5.91 Å². The Labute approximate surface area is 164 Å². The average Bonchev–Trinajstić information content (AvgIpc) is 3.38. The molecule has 0 saturated carbocycles. The Morgan fingerprint density at radius 1 is 1.33 bits per heavy atom. The second kappa shape index (κ2) is 8.97. The van der Waals surface area contributed by atoms with Crippen molar-refractivity contribution in [3.05, 3.63) is 52.2 Å². The van der Waals surface area contributed by atoms with E-state index in [9.17, 15) is 13.2 Å². The van der Waals surface area contributed by atoms with Crippen LogP contribution in [-0.4, -0.2) is 33.6 Å². The van der Waals surface area contributed by atoms with Crippen molar-refractivity contribution >= 4 is 27.3 Å². The normalized spacial score (nSPS) is 18.3. The minimum Gasteiger partial charge on any atom is -0.377 e. The molecule has 0 bridgehead atoms. The molecule has 1 aromatic heterocycles. The number of hydrogen-bond acceptors (Lipinski definition) is 5. The molecule has 1 aliphatic rings. The quantitative estimate of drug-likeness (QED) is 0.703. The first kappa shape index (κ1) is 20.0. The van der Waals surface area contributed by atoms with Gasteiger partial charge in [-0.05, 0) is 48.9 Å². The van der Waals surface area contributed by atoms with Gasteiger partial charge in [0.15, 0.2) is 0 Å². The van der Waals surface area contributed by atoms with Crippen molar-refractivity contribution in [2.75, 3.05) is 13.2 Å². The highest BCUT2D eigenvalue weighted by atomic mass is 32.2. The largest absolute Gasteiger partial charge is 0.377 e. The molecule has 0 radical (unpaired) electrons.